The summed E-state index contributed by atoms with van der Waals surface area (Å²) in [6, 6.07) is 0. The minimum Gasteiger partial charge on any atom is -0.378 e. The largest absolute Gasteiger partial charge is 0.378 e. The lowest BCUT2D eigenvalue weighted by Crippen LogP contribution is -2.25. The molecule has 1 aliphatic heterocycles. The Hall–Kier alpha value is -0.690. The lowest BCUT2D eigenvalue weighted by Gasteiger charge is -2.18. The van der Waals surface area contributed by atoms with Crippen LogP contribution >= 0.6 is 12.4 Å². The third-order valence-corrected chi connectivity index (χ3v) is 3.38. The molecule has 1 unspecified atom stereocenters. The monoisotopic (exact) mass is 304 g/mol. The van der Waals surface area contributed by atoms with Crippen LogP contribution in [0, 0.1) is 0 Å². The van der Waals surface area contributed by atoms with Crippen molar-refractivity contribution in [3.05, 3.63) is 11.7 Å². The maximum absolute atomic E-state index is 5.84. The van der Waals surface area contributed by atoms with E-state index in [0.29, 0.717) is 18.5 Å². The first-order valence-electron chi connectivity index (χ1n) is 7.17. The van der Waals surface area contributed by atoms with Gasteiger partial charge in [-0.3, -0.25) is 4.90 Å². The van der Waals surface area contributed by atoms with E-state index in [1.807, 2.05) is 0 Å². The van der Waals surface area contributed by atoms with E-state index in [9.17, 15) is 0 Å². The van der Waals surface area contributed by atoms with E-state index in [4.69, 9.17) is 15.0 Å². The molecule has 1 fully saturated rings. The van der Waals surface area contributed by atoms with Crippen molar-refractivity contribution in [1.29, 1.82) is 0 Å². The predicted molar refractivity (Wildman–Crippen MR) is 78.6 cm³/mol. The standard InChI is InChI=1S/C13H24N4O2.ClH/c1-2-8-18-11-4-3-6-17(7-5-11)10-12-15-13(9-14)19-16-12;/h11H,2-10,14H2,1H3;1H. The van der Waals surface area contributed by atoms with Crippen LogP contribution in [-0.4, -0.2) is 40.8 Å². The third kappa shape index (κ3) is 5.36. The summed E-state index contributed by atoms with van der Waals surface area (Å²) in [5, 5.41) is 3.94. The zero-order valence-corrected chi connectivity index (χ0v) is 12.9. The van der Waals surface area contributed by atoms with Crippen molar-refractivity contribution >= 4 is 12.4 Å². The summed E-state index contributed by atoms with van der Waals surface area (Å²) in [6.07, 6.45) is 4.90. The number of nitrogens with zero attached hydrogens (tertiary/aromatic N) is 3. The number of likely N-dealkylation sites (tertiary alicyclic amines) is 1. The predicted octanol–water partition coefficient (Wildman–Crippen LogP) is 1.73. The molecule has 0 aromatic carbocycles. The van der Waals surface area contributed by atoms with Crippen molar-refractivity contribution in [2.24, 2.45) is 5.73 Å². The van der Waals surface area contributed by atoms with Crippen LogP contribution in [0.4, 0.5) is 0 Å². The molecule has 0 amide bonds. The van der Waals surface area contributed by atoms with Gasteiger partial charge in [0, 0.05) is 13.2 Å². The minimum atomic E-state index is 0. The molecule has 0 spiro atoms. The van der Waals surface area contributed by atoms with Crippen molar-refractivity contribution in [2.45, 2.75) is 51.8 Å². The van der Waals surface area contributed by atoms with Gasteiger partial charge in [0.1, 0.15) is 0 Å². The number of hydrogen-bond acceptors (Lipinski definition) is 6. The summed E-state index contributed by atoms with van der Waals surface area (Å²) >= 11 is 0. The molecule has 0 aliphatic carbocycles. The van der Waals surface area contributed by atoms with E-state index < -0.39 is 0 Å². The zero-order valence-electron chi connectivity index (χ0n) is 12.1. The SMILES string of the molecule is CCCOC1CCCN(Cc2noc(CN)n2)CC1.Cl. The van der Waals surface area contributed by atoms with Crippen molar-refractivity contribution < 1.29 is 9.26 Å². The number of hydrogen-bond donors (Lipinski definition) is 1. The van der Waals surface area contributed by atoms with Crippen molar-refractivity contribution in [3.63, 3.8) is 0 Å². The number of ether oxygens (including phenoxy) is 1. The van der Waals surface area contributed by atoms with Gasteiger partial charge in [0.15, 0.2) is 5.82 Å². The number of aromatic nitrogens is 2. The summed E-state index contributed by atoms with van der Waals surface area (Å²) in [5.74, 6) is 1.24. The normalized spacial score (nSPS) is 20.4. The molecule has 0 bridgehead atoms. The van der Waals surface area contributed by atoms with Gasteiger partial charge in [-0.05, 0) is 32.2 Å². The number of nitrogens with two attached hydrogens (primary N) is 1. The van der Waals surface area contributed by atoms with Crippen LogP contribution in [0.1, 0.15) is 44.3 Å². The average molecular weight is 305 g/mol. The highest BCUT2D eigenvalue weighted by atomic mass is 35.5. The van der Waals surface area contributed by atoms with Gasteiger partial charge in [0.25, 0.3) is 0 Å². The Morgan fingerprint density at radius 3 is 2.95 bits per heavy atom. The first kappa shape index (κ1) is 17.4. The summed E-state index contributed by atoms with van der Waals surface area (Å²) in [6.45, 7) is 6.16. The van der Waals surface area contributed by atoms with Crippen LogP contribution in [0.2, 0.25) is 0 Å². The Morgan fingerprint density at radius 1 is 1.40 bits per heavy atom. The molecule has 116 valence electrons. The Bertz CT molecular complexity index is 375. The molecular formula is C13H25ClN4O2. The summed E-state index contributed by atoms with van der Waals surface area (Å²) in [5.41, 5.74) is 5.46. The molecule has 1 aromatic rings. The van der Waals surface area contributed by atoms with Gasteiger partial charge in [0.05, 0.1) is 19.2 Å². The van der Waals surface area contributed by atoms with E-state index in [1.165, 1.54) is 0 Å². The molecule has 2 heterocycles. The van der Waals surface area contributed by atoms with E-state index >= 15 is 0 Å². The third-order valence-electron chi connectivity index (χ3n) is 3.38. The zero-order chi connectivity index (χ0) is 13.5. The number of halogens is 1. The molecule has 1 saturated heterocycles. The van der Waals surface area contributed by atoms with Crippen LogP contribution in [0.15, 0.2) is 4.52 Å². The van der Waals surface area contributed by atoms with Crippen molar-refractivity contribution in [1.82, 2.24) is 15.0 Å². The van der Waals surface area contributed by atoms with Crippen LogP contribution in [0.5, 0.6) is 0 Å². The molecule has 1 aromatic heterocycles. The van der Waals surface area contributed by atoms with E-state index in [1.54, 1.807) is 0 Å². The molecule has 2 rings (SSSR count). The topological polar surface area (TPSA) is 77.4 Å². The van der Waals surface area contributed by atoms with Crippen LogP contribution < -0.4 is 5.73 Å². The first-order valence-corrected chi connectivity index (χ1v) is 7.17. The fraction of sp³-hybridized carbons (Fsp3) is 0.846. The van der Waals surface area contributed by atoms with E-state index in [0.717, 1.165) is 57.7 Å². The van der Waals surface area contributed by atoms with Gasteiger partial charge >= 0.3 is 0 Å². The Morgan fingerprint density at radius 2 is 2.25 bits per heavy atom. The van der Waals surface area contributed by atoms with Gasteiger partial charge < -0.3 is 15.0 Å². The maximum Gasteiger partial charge on any atom is 0.240 e. The Kier molecular flexibility index (Phi) is 8.06. The van der Waals surface area contributed by atoms with Crippen LogP contribution in [0.25, 0.3) is 0 Å². The van der Waals surface area contributed by atoms with Crippen molar-refractivity contribution in [3.8, 4) is 0 Å². The second-order valence-electron chi connectivity index (χ2n) is 5.01. The first-order chi connectivity index (χ1) is 9.31. The molecule has 0 saturated carbocycles. The van der Waals surface area contributed by atoms with Crippen LogP contribution in [-0.2, 0) is 17.8 Å². The molecule has 6 nitrogen and oxygen atoms in total. The minimum absolute atomic E-state index is 0. The second kappa shape index (κ2) is 9.28. The fourth-order valence-corrected chi connectivity index (χ4v) is 2.37. The van der Waals surface area contributed by atoms with Gasteiger partial charge in [0.2, 0.25) is 5.89 Å². The molecule has 20 heavy (non-hydrogen) atoms. The maximum atomic E-state index is 5.84. The highest BCUT2D eigenvalue weighted by Crippen LogP contribution is 2.15. The molecule has 2 N–H and O–H groups in total. The fourth-order valence-electron chi connectivity index (χ4n) is 2.37. The van der Waals surface area contributed by atoms with Gasteiger partial charge in [-0.2, -0.15) is 4.98 Å². The Balaban J connectivity index is 0.00000200. The smallest absolute Gasteiger partial charge is 0.240 e. The van der Waals surface area contributed by atoms with Crippen molar-refractivity contribution in [2.75, 3.05) is 19.7 Å². The summed E-state index contributed by atoms with van der Waals surface area (Å²) in [4.78, 5) is 6.61. The second-order valence-corrected chi connectivity index (χ2v) is 5.01. The lowest BCUT2D eigenvalue weighted by atomic mass is 10.2. The highest BCUT2D eigenvalue weighted by Gasteiger charge is 2.18. The molecular weight excluding hydrogens is 280 g/mol. The molecule has 1 aliphatic rings. The molecule has 0 radical (unpaired) electrons. The van der Waals surface area contributed by atoms with Gasteiger partial charge in [-0.1, -0.05) is 12.1 Å². The number of rotatable bonds is 6. The highest BCUT2D eigenvalue weighted by molar-refractivity contribution is 5.85. The van der Waals surface area contributed by atoms with Gasteiger partial charge in [-0.25, -0.2) is 0 Å². The van der Waals surface area contributed by atoms with E-state index in [-0.39, 0.29) is 12.4 Å². The van der Waals surface area contributed by atoms with E-state index in [2.05, 4.69) is 22.0 Å². The average Bonchev–Trinajstić information content (AvgIpc) is 2.76. The Labute approximate surface area is 126 Å². The lowest BCUT2D eigenvalue weighted by molar-refractivity contribution is 0.0436. The van der Waals surface area contributed by atoms with Gasteiger partial charge in [-0.15, -0.1) is 12.4 Å². The molecule has 1 atom stereocenters. The summed E-state index contributed by atoms with van der Waals surface area (Å²) in [7, 11) is 0. The quantitative estimate of drug-likeness (QED) is 0.862. The summed E-state index contributed by atoms with van der Waals surface area (Å²) < 4.78 is 10.9. The van der Waals surface area contributed by atoms with Crippen LogP contribution in [0.3, 0.4) is 0 Å². The molecule has 7 heteroatoms.